The molecule has 0 aliphatic rings. The molecule has 28 heavy (non-hydrogen) atoms. The van der Waals surface area contributed by atoms with E-state index in [0.717, 1.165) is 11.1 Å². The van der Waals surface area contributed by atoms with E-state index >= 15 is 0 Å². The van der Waals surface area contributed by atoms with Crippen molar-refractivity contribution in [1.82, 2.24) is 16.2 Å². The van der Waals surface area contributed by atoms with E-state index in [-0.39, 0.29) is 6.04 Å². The molecule has 144 valence electrons. The van der Waals surface area contributed by atoms with Crippen LogP contribution in [0, 0.1) is 13.8 Å². The second-order valence-corrected chi connectivity index (χ2v) is 6.53. The quantitative estimate of drug-likeness (QED) is 0.591. The summed E-state index contributed by atoms with van der Waals surface area (Å²) < 4.78 is 5.34. The molecule has 0 saturated heterocycles. The molecule has 1 heterocycles. The summed E-state index contributed by atoms with van der Waals surface area (Å²) in [5.74, 6) is 0.714. The van der Waals surface area contributed by atoms with Gasteiger partial charge in [-0.1, -0.05) is 60.7 Å². The number of rotatable bonds is 5. The van der Waals surface area contributed by atoms with Crippen LogP contribution in [0.2, 0.25) is 0 Å². The van der Waals surface area contributed by atoms with Gasteiger partial charge in [-0.25, -0.2) is 10.2 Å². The first-order valence-electron chi connectivity index (χ1n) is 9.05. The van der Waals surface area contributed by atoms with Gasteiger partial charge in [0.25, 0.3) is 5.91 Å². The van der Waals surface area contributed by atoms with Crippen LogP contribution >= 0.6 is 0 Å². The second-order valence-electron chi connectivity index (χ2n) is 6.53. The van der Waals surface area contributed by atoms with Crippen molar-refractivity contribution in [2.45, 2.75) is 26.3 Å². The number of nitrogens with one attached hydrogen (secondary N) is 3. The van der Waals surface area contributed by atoms with Crippen LogP contribution in [-0.4, -0.2) is 11.9 Å². The molecule has 0 aliphatic heterocycles. The van der Waals surface area contributed by atoms with Crippen LogP contribution in [0.25, 0.3) is 0 Å². The predicted octanol–water partition coefficient (Wildman–Crippen LogP) is 3.82. The number of hydrogen-bond donors (Lipinski definition) is 3. The number of benzene rings is 2. The molecule has 0 radical (unpaired) electrons. The number of hydrazine groups is 1. The van der Waals surface area contributed by atoms with Crippen molar-refractivity contribution in [2.75, 3.05) is 0 Å². The van der Waals surface area contributed by atoms with Gasteiger partial charge in [0.15, 0.2) is 0 Å². The van der Waals surface area contributed by atoms with Gasteiger partial charge in [-0.2, -0.15) is 0 Å². The van der Waals surface area contributed by atoms with Gasteiger partial charge in [0.05, 0.1) is 11.6 Å². The minimum Gasteiger partial charge on any atom is -0.466 e. The smallest absolute Gasteiger partial charge is 0.333 e. The maximum absolute atomic E-state index is 12.4. The van der Waals surface area contributed by atoms with Crippen molar-refractivity contribution in [2.24, 2.45) is 0 Å². The summed E-state index contributed by atoms with van der Waals surface area (Å²) in [6.07, 6.45) is 0.631. The van der Waals surface area contributed by atoms with E-state index in [0.29, 0.717) is 23.5 Å². The molecule has 1 unspecified atom stereocenters. The Labute approximate surface area is 163 Å². The maximum Gasteiger partial charge on any atom is 0.333 e. The molecular formula is C22H23N3O3. The summed E-state index contributed by atoms with van der Waals surface area (Å²) in [5, 5.41) is 2.92. The lowest BCUT2D eigenvalue weighted by molar-refractivity contribution is 0.0934. The fourth-order valence-electron chi connectivity index (χ4n) is 3.02. The Balaban J connectivity index is 1.64. The van der Waals surface area contributed by atoms with Gasteiger partial charge in [-0.3, -0.25) is 10.2 Å². The molecule has 3 rings (SSSR count). The standard InChI is InChI=1S/C22H23N3O3/c1-15-13-19(16(2)28-15)21(26)24-25-22(27)23-20(18-11-7-4-8-12-18)14-17-9-5-3-6-10-17/h3-13,20H,14H2,1-2H3,(H,24,26)(H2,23,25,27). The molecule has 0 bridgehead atoms. The molecule has 1 aromatic heterocycles. The van der Waals surface area contributed by atoms with E-state index in [1.54, 1.807) is 19.9 Å². The zero-order valence-corrected chi connectivity index (χ0v) is 15.9. The van der Waals surface area contributed by atoms with Crippen LogP contribution in [0.1, 0.15) is 39.0 Å². The molecule has 2 aromatic carbocycles. The Morgan fingerprint density at radius 1 is 0.929 bits per heavy atom. The molecule has 6 heteroatoms. The number of amides is 3. The average Bonchev–Trinajstić information content (AvgIpc) is 3.05. The second kappa shape index (κ2) is 8.90. The van der Waals surface area contributed by atoms with Crippen molar-refractivity contribution in [3.05, 3.63) is 94.9 Å². The maximum atomic E-state index is 12.4. The lowest BCUT2D eigenvalue weighted by Gasteiger charge is -2.20. The molecule has 3 amide bonds. The minimum absolute atomic E-state index is 0.238. The summed E-state index contributed by atoms with van der Waals surface area (Å²) in [6.45, 7) is 3.46. The van der Waals surface area contributed by atoms with Crippen molar-refractivity contribution >= 4 is 11.9 Å². The highest BCUT2D eigenvalue weighted by molar-refractivity contribution is 5.96. The topological polar surface area (TPSA) is 83.4 Å². The van der Waals surface area contributed by atoms with Gasteiger partial charge in [-0.05, 0) is 37.5 Å². The number of aryl methyl sites for hydroxylation is 2. The first kappa shape index (κ1) is 19.2. The Morgan fingerprint density at radius 3 is 2.18 bits per heavy atom. The summed E-state index contributed by atoms with van der Waals surface area (Å²) in [7, 11) is 0. The fourth-order valence-corrected chi connectivity index (χ4v) is 3.02. The largest absolute Gasteiger partial charge is 0.466 e. The van der Waals surface area contributed by atoms with Crippen LogP contribution in [0.4, 0.5) is 4.79 Å². The van der Waals surface area contributed by atoms with E-state index in [2.05, 4.69) is 16.2 Å². The third-order valence-electron chi connectivity index (χ3n) is 4.37. The van der Waals surface area contributed by atoms with Crippen LogP contribution in [0.15, 0.2) is 71.1 Å². The van der Waals surface area contributed by atoms with Gasteiger partial charge >= 0.3 is 6.03 Å². The molecule has 3 aromatic rings. The Morgan fingerprint density at radius 2 is 1.57 bits per heavy atom. The van der Waals surface area contributed by atoms with E-state index < -0.39 is 11.9 Å². The van der Waals surface area contributed by atoms with Gasteiger partial charge in [0, 0.05) is 0 Å². The molecule has 0 aliphatic carbocycles. The summed E-state index contributed by atoms with van der Waals surface area (Å²) in [6, 6.07) is 20.5. The average molecular weight is 377 g/mol. The highest BCUT2D eigenvalue weighted by Crippen LogP contribution is 2.18. The van der Waals surface area contributed by atoms with Gasteiger partial charge in [0.2, 0.25) is 0 Å². The fraction of sp³-hybridized carbons (Fsp3) is 0.182. The highest BCUT2D eigenvalue weighted by Gasteiger charge is 2.17. The monoisotopic (exact) mass is 377 g/mol. The number of urea groups is 1. The Kier molecular flexibility index (Phi) is 6.11. The number of furan rings is 1. The summed E-state index contributed by atoms with van der Waals surface area (Å²) >= 11 is 0. The normalized spacial score (nSPS) is 11.5. The van der Waals surface area contributed by atoms with Gasteiger partial charge in [-0.15, -0.1) is 0 Å². The minimum atomic E-state index is -0.490. The van der Waals surface area contributed by atoms with Crippen LogP contribution in [0.5, 0.6) is 0 Å². The van der Waals surface area contributed by atoms with Crippen molar-refractivity contribution in [3.63, 3.8) is 0 Å². The lowest BCUT2D eigenvalue weighted by Crippen LogP contribution is -2.48. The SMILES string of the molecule is Cc1cc(C(=O)NNC(=O)NC(Cc2ccccc2)c2ccccc2)c(C)o1. The van der Waals surface area contributed by atoms with Crippen LogP contribution < -0.4 is 16.2 Å². The predicted molar refractivity (Wildman–Crippen MR) is 107 cm³/mol. The molecular weight excluding hydrogens is 354 g/mol. The number of carbonyl (C=O) groups excluding carboxylic acids is 2. The Bertz CT molecular complexity index is 936. The van der Waals surface area contributed by atoms with Crippen molar-refractivity contribution in [1.29, 1.82) is 0 Å². The molecule has 0 fully saturated rings. The number of carbonyl (C=O) groups is 2. The summed E-state index contributed by atoms with van der Waals surface area (Å²) in [5.41, 5.74) is 7.30. The molecule has 6 nitrogen and oxygen atoms in total. The molecule has 0 saturated carbocycles. The third-order valence-corrected chi connectivity index (χ3v) is 4.37. The van der Waals surface area contributed by atoms with Gasteiger partial charge in [0.1, 0.15) is 11.5 Å². The lowest BCUT2D eigenvalue weighted by atomic mass is 9.99. The highest BCUT2D eigenvalue weighted by atomic mass is 16.3. The van der Waals surface area contributed by atoms with Gasteiger partial charge < -0.3 is 9.73 Å². The first-order valence-corrected chi connectivity index (χ1v) is 9.05. The van der Waals surface area contributed by atoms with E-state index in [4.69, 9.17) is 4.42 Å². The zero-order chi connectivity index (χ0) is 19.9. The zero-order valence-electron chi connectivity index (χ0n) is 15.9. The van der Waals surface area contributed by atoms with E-state index in [1.165, 1.54) is 0 Å². The molecule has 3 N–H and O–H groups in total. The van der Waals surface area contributed by atoms with E-state index in [9.17, 15) is 9.59 Å². The number of hydrogen-bond acceptors (Lipinski definition) is 3. The van der Waals surface area contributed by atoms with Crippen molar-refractivity contribution in [3.8, 4) is 0 Å². The van der Waals surface area contributed by atoms with Crippen LogP contribution in [0.3, 0.4) is 0 Å². The Hall–Kier alpha value is -3.54. The first-order chi connectivity index (χ1) is 13.5. The summed E-state index contributed by atoms with van der Waals surface area (Å²) in [4.78, 5) is 24.6. The van der Waals surface area contributed by atoms with Crippen LogP contribution in [-0.2, 0) is 6.42 Å². The molecule has 0 spiro atoms. The third kappa shape index (κ3) is 5.01. The van der Waals surface area contributed by atoms with E-state index in [1.807, 2.05) is 60.7 Å². The van der Waals surface area contributed by atoms with Crippen molar-refractivity contribution < 1.29 is 14.0 Å². The molecule has 1 atom stereocenters.